The minimum atomic E-state index is -4.97. The van der Waals surface area contributed by atoms with Crippen LogP contribution in [0.1, 0.15) is 21.5 Å². The normalized spacial score (nSPS) is 11.2. The number of carboxylic acids is 1. The van der Waals surface area contributed by atoms with Crippen LogP contribution in [-0.2, 0) is 6.54 Å². The van der Waals surface area contributed by atoms with Crippen LogP contribution in [0.3, 0.4) is 0 Å². The van der Waals surface area contributed by atoms with Gasteiger partial charge in [0.15, 0.2) is 0 Å². The average molecular weight is 402 g/mol. The molecule has 0 aliphatic rings. The van der Waals surface area contributed by atoms with Crippen LogP contribution in [0.25, 0.3) is 11.1 Å². The first kappa shape index (κ1) is 20.2. The lowest BCUT2D eigenvalue weighted by Gasteiger charge is -2.13. The Morgan fingerprint density at radius 1 is 1.10 bits per heavy atom. The minimum absolute atomic E-state index is 0.412. The van der Waals surface area contributed by atoms with Crippen molar-refractivity contribution in [3.05, 3.63) is 77.5 Å². The molecular formula is C21H17F3N2O3. The molecule has 0 spiro atoms. The largest absolute Gasteiger partial charge is 0.573 e. The summed E-state index contributed by atoms with van der Waals surface area (Å²) in [5.41, 5.74) is 2.64. The number of carboxylic acid groups (broad SMARTS) is 1. The van der Waals surface area contributed by atoms with Crippen molar-refractivity contribution in [1.29, 1.82) is 0 Å². The van der Waals surface area contributed by atoms with Crippen molar-refractivity contribution >= 4 is 11.8 Å². The van der Waals surface area contributed by atoms with Crippen molar-refractivity contribution in [2.45, 2.75) is 19.8 Å². The molecule has 150 valence electrons. The number of hydrogen-bond acceptors (Lipinski definition) is 4. The zero-order valence-electron chi connectivity index (χ0n) is 15.3. The second-order valence-electron chi connectivity index (χ2n) is 6.34. The summed E-state index contributed by atoms with van der Waals surface area (Å²) in [5.74, 6) is -1.67. The lowest BCUT2D eigenvalue weighted by atomic mass is 10.0. The van der Waals surface area contributed by atoms with Crippen LogP contribution in [0.15, 0.2) is 60.8 Å². The number of carbonyl (C=O) groups is 1. The zero-order valence-corrected chi connectivity index (χ0v) is 15.3. The molecule has 0 unspecified atom stereocenters. The van der Waals surface area contributed by atoms with Gasteiger partial charge in [0.1, 0.15) is 17.1 Å². The number of ether oxygens (including phenoxy) is 1. The maximum Gasteiger partial charge on any atom is 0.573 e. The van der Waals surface area contributed by atoms with Crippen molar-refractivity contribution in [2.24, 2.45) is 0 Å². The zero-order chi connectivity index (χ0) is 21.0. The summed E-state index contributed by atoms with van der Waals surface area (Å²) < 4.78 is 41.1. The maximum absolute atomic E-state index is 12.4. The van der Waals surface area contributed by atoms with E-state index < -0.39 is 23.6 Å². The first-order valence-electron chi connectivity index (χ1n) is 8.60. The molecule has 29 heavy (non-hydrogen) atoms. The number of anilines is 1. The molecule has 0 saturated heterocycles. The van der Waals surface area contributed by atoms with Crippen LogP contribution < -0.4 is 10.1 Å². The third-order valence-electron chi connectivity index (χ3n) is 4.09. The van der Waals surface area contributed by atoms with E-state index in [0.29, 0.717) is 23.5 Å². The van der Waals surface area contributed by atoms with E-state index in [9.17, 15) is 23.1 Å². The Hall–Kier alpha value is -3.55. The molecule has 2 N–H and O–H groups in total. The summed E-state index contributed by atoms with van der Waals surface area (Å²) >= 11 is 0. The maximum atomic E-state index is 12.4. The Morgan fingerprint density at radius 3 is 2.48 bits per heavy atom. The predicted octanol–water partition coefficient (Wildman–Crippen LogP) is 5.27. The average Bonchev–Trinajstić information content (AvgIpc) is 2.66. The Kier molecular flexibility index (Phi) is 5.72. The van der Waals surface area contributed by atoms with Gasteiger partial charge in [-0.15, -0.1) is 13.2 Å². The van der Waals surface area contributed by atoms with Gasteiger partial charge in [0, 0.05) is 18.3 Å². The monoisotopic (exact) mass is 402 g/mol. The lowest BCUT2D eigenvalue weighted by Crippen LogP contribution is -2.19. The predicted molar refractivity (Wildman–Crippen MR) is 102 cm³/mol. The Bertz CT molecular complexity index is 1020. The molecule has 2 aromatic carbocycles. The molecule has 1 aromatic heterocycles. The number of pyridine rings is 1. The fourth-order valence-corrected chi connectivity index (χ4v) is 2.77. The van der Waals surface area contributed by atoms with Crippen LogP contribution in [-0.4, -0.2) is 22.4 Å². The second kappa shape index (κ2) is 8.22. The van der Waals surface area contributed by atoms with Crippen molar-refractivity contribution in [1.82, 2.24) is 4.98 Å². The number of alkyl halides is 3. The van der Waals surface area contributed by atoms with Gasteiger partial charge in [0.2, 0.25) is 0 Å². The van der Waals surface area contributed by atoms with E-state index in [4.69, 9.17) is 0 Å². The van der Waals surface area contributed by atoms with Gasteiger partial charge in [0.25, 0.3) is 0 Å². The van der Waals surface area contributed by atoms with Crippen LogP contribution >= 0.6 is 0 Å². The van der Waals surface area contributed by atoms with Gasteiger partial charge in [-0.3, -0.25) is 0 Å². The van der Waals surface area contributed by atoms with E-state index in [1.807, 2.05) is 25.1 Å². The van der Waals surface area contributed by atoms with Gasteiger partial charge >= 0.3 is 12.3 Å². The highest BCUT2D eigenvalue weighted by Crippen LogP contribution is 2.30. The molecule has 0 radical (unpaired) electrons. The fraction of sp³-hybridized carbons (Fsp3) is 0.143. The SMILES string of the molecule is Cc1cccc(CNc2ccc(-c3ccc(OC(F)(F)F)c(C(=O)O)c3)cn2)c1. The van der Waals surface area contributed by atoms with Gasteiger partial charge in [-0.05, 0) is 42.3 Å². The van der Waals surface area contributed by atoms with Crippen molar-refractivity contribution in [3.63, 3.8) is 0 Å². The van der Waals surface area contributed by atoms with E-state index in [2.05, 4.69) is 21.1 Å². The molecule has 1 heterocycles. The first-order chi connectivity index (χ1) is 13.7. The molecule has 3 aromatic rings. The van der Waals surface area contributed by atoms with Crippen LogP contribution in [0.5, 0.6) is 5.75 Å². The van der Waals surface area contributed by atoms with E-state index >= 15 is 0 Å². The molecule has 0 saturated carbocycles. The summed E-state index contributed by atoms with van der Waals surface area (Å²) in [6.07, 6.45) is -3.46. The Labute approximate surface area is 164 Å². The third-order valence-corrected chi connectivity index (χ3v) is 4.09. The summed E-state index contributed by atoms with van der Waals surface area (Å²) in [5, 5.41) is 12.4. The number of aromatic carboxylic acids is 1. The highest BCUT2D eigenvalue weighted by Gasteiger charge is 2.33. The molecule has 8 heteroatoms. The van der Waals surface area contributed by atoms with E-state index in [0.717, 1.165) is 23.3 Å². The summed E-state index contributed by atoms with van der Waals surface area (Å²) in [6.45, 7) is 2.59. The van der Waals surface area contributed by atoms with E-state index in [1.165, 1.54) is 12.3 Å². The standard InChI is InChI=1S/C21H17F3N2O3/c1-13-3-2-4-14(9-13)11-25-19-8-6-16(12-26-19)15-5-7-18(29-21(22,23)24)17(10-15)20(27)28/h2-10,12H,11H2,1H3,(H,25,26)(H,27,28). The number of benzene rings is 2. The Morgan fingerprint density at radius 2 is 1.86 bits per heavy atom. The number of rotatable bonds is 6. The highest BCUT2D eigenvalue weighted by atomic mass is 19.4. The molecule has 0 atom stereocenters. The van der Waals surface area contributed by atoms with Gasteiger partial charge < -0.3 is 15.2 Å². The van der Waals surface area contributed by atoms with Crippen LogP contribution in [0.2, 0.25) is 0 Å². The third kappa shape index (κ3) is 5.47. The quantitative estimate of drug-likeness (QED) is 0.588. The highest BCUT2D eigenvalue weighted by molar-refractivity contribution is 5.92. The van der Waals surface area contributed by atoms with E-state index in [-0.39, 0.29) is 0 Å². The van der Waals surface area contributed by atoms with Crippen molar-refractivity contribution in [3.8, 4) is 16.9 Å². The summed E-state index contributed by atoms with van der Waals surface area (Å²) in [7, 11) is 0. The molecule has 0 aliphatic heterocycles. The van der Waals surface area contributed by atoms with Gasteiger partial charge in [-0.2, -0.15) is 0 Å². The first-order valence-corrected chi connectivity index (χ1v) is 8.60. The van der Waals surface area contributed by atoms with Crippen LogP contribution in [0, 0.1) is 6.92 Å². The van der Waals surface area contributed by atoms with E-state index in [1.54, 1.807) is 12.1 Å². The van der Waals surface area contributed by atoms with Crippen LogP contribution in [0.4, 0.5) is 19.0 Å². The van der Waals surface area contributed by atoms with Crippen molar-refractivity contribution < 1.29 is 27.8 Å². The number of halogens is 3. The smallest absolute Gasteiger partial charge is 0.478 e. The minimum Gasteiger partial charge on any atom is -0.478 e. The lowest BCUT2D eigenvalue weighted by molar-refractivity contribution is -0.274. The van der Waals surface area contributed by atoms with Gasteiger partial charge in [-0.25, -0.2) is 9.78 Å². The molecule has 5 nitrogen and oxygen atoms in total. The fourth-order valence-electron chi connectivity index (χ4n) is 2.77. The topological polar surface area (TPSA) is 71.5 Å². The van der Waals surface area contributed by atoms with Gasteiger partial charge in [0.05, 0.1) is 0 Å². The second-order valence-corrected chi connectivity index (χ2v) is 6.34. The molecule has 0 fully saturated rings. The summed E-state index contributed by atoms with van der Waals surface area (Å²) in [6, 6.07) is 14.9. The summed E-state index contributed by atoms with van der Waals surface area (Å²) in [4.78, 5) is 15.6. The number of aryl methyl sites for hydroxylation is 1. The van der Waals surface area contributed by atoms with Gasteiger partial charge in [-0.1, -0.05) is 35.9 Å². The number of nitrogens with one attached hydrogen (secondary N) is 1. The molecule has 0 bridgehead atoms. The number of nitrogens with zero attached hydrogens (tertiary/aromatic N) is 1. The molecular weight excluding hydrogens is 385 g/mol. The van der Waals surface area contributed by atoms with Crippen molar-refractivity contribution in [2.75, 3.05) is 5.32 Å². The molecule has 3 rings (SSSR count). The molecule has 0 aliphatic carbocycles. The number of aromatic nitrogens is 1. The molecule has 0 amide bonds. The number of hydrogen-bond donors (Lipinski definition) is 2. The Balaban J connectivity index is 1.76.